The Kier molecular flexibility index (Phi) is 4.21. The van der Waals surface area contributed by atoms with Crippen LogP contribution in [0.3, 0.4) is 0 Å². The third-order valence-corrected chi connectivity index (χ3v) is 5.01. The molecule has 1 aliphatic rings. The van der Waals surface area contributed by atoms with E-state index in [4.69, 9.17) is 4.74 Å². The van der Waals surface area contributed by atoms with Crippen molar-refractivity contribution in [3.63, 3.8) is 0 Å². The van der Waals surface area contributed by atoms with Gasteiger partial charge < -0.3 is 9.64 Å². The fraction of sp³-hybridized carbons (Fsp3) is 0.400. The normalized spacial score (nSPS) is 19.2. The molecule has 1 atom stereocenters. The van der Waals surface area contributed by atoms with Crippen molar-refractivity contribution in [2.45, 2.75) is 38.8 Å². The minimum Gasteiger partial charge on any atom is -0.375 e. The van der Waals surface area contributed by atoms with Gasteiger partial charge in [-0.2, -0.15) is 0 Å². The van der Waals surface area contributed by atoms with Crippen molar-refractivity contribution in [1.29, 1.82) is 0 Å². The SMILES string of the molecule is CC1N(CCOCc2ccccc2)c2ccccc2C1(C)C. The first-order valence-corrected chi connectivity index (χ1v) is 8.08. The van der Waals surface area contributed by atoms with Crippen molar-refractivity contribution in [2.75, 3.05) is 18.1 Å². The lowest BCUT2D eigenvalue weighted by molar-refractivity contribution is 0.125. The van der Waals surface area contributed by atoms with E-state index < -0.39 is 0 Å². The number of benzene rings is 2. The molecule has 1 aliphatic heterocycles. The number of para-hydroxylation sites is 1. The maximum atomic E-state index is 5.87. The predicted molar refractivity (Wildman–Crippen MR) is 92.4 cm³/mol. The topological polar surface area (TPSA) is 12.5 Å². The lowest BCUT2D eigenvalue weighted by atomic mass is 9.81. The van der Waals surface area contributed by atoms with Crippen LogP contribution in [0.2, 0.25) is 0 Å². The van der Waals surface area contributed by atoms with Gasteiger partial charge >= 0.3 is 0 Å². The van der Waals surface area contributed by atoms with E-state index in [1.165, 1.54) is 16.8 Å². The highest BCUT2D eigenvalue weighted by molar-refractivity contribution is 5.63. The summed E-state index contributed by atoms with van der Waals surface area (Å²) < 4.78 is 5.87. The molecule has 0 N–H and O–H groups in total. The molecule has 0 amide bonds. The van der Waals surface area contributed by atoms with Gasteiger partial charge in [0.1, 0.15) is 0 Å². The maximum absolute atomic E-state index is 5.87. The second-order valence-electron chi connectivity index (χ2n) is 6.65. The zero-order valence-corrected chi connectivity index (χ0v) is 13.8. The summed E-state index contributed by atoms with van der Waals surface area (Å²) in [5.74, 6) is 0. The second kappa shape index (κ2) is 6.13. The first-order chi connectivity index (χ1) is 10.6. The molecule has 2 heteroatoms. The van der Waals surface area contributed by atoms with Crippen molar-refractivity contribution < 1.29 is 4.74 Å². The summed E-state index contributed by atoms with van der Waals surface area (Å²) in [7, 11) is 0. The first-order valence-electron chi connectivity index (χ1n) is 8.08. The molecule has 3 rings (SSSR count). The Bertz CT molecular complexity index is 621. The van der Waals surface area contributed by atoms with Gasteiger partial charge in [-0.05, 0) is 24.1 Å². The number of nitrogens with zero attached hydrogens (tertiary/aromatic N) is 1. The molecule has 2 aromatic carbocycles. The molecule has 0 saturated heterocycles. The summed E-state index contributed by atoms with van der Waals surface area (Å²) >= 11 is 0. The van der Waals surface area contributed by atoms with Crippen molar-refractivity contribution in [3.8, 4) is 0 Å². The minimum absolute atomic E-state index is 0.190. The van der Waals surface area contributed by atoms with E-state index in [-0.39, 0.29) is 5.41 Å². The molecule has 2 nitrogen and oxygen atoms in total. The number of anilines is 1. The molecule has 0 radical (unpaired) electrons. The first kappa shape index (κ1) is 15.1. The third kappa shape index (κ3) is 2.76. The van der Waals surface area contributed by atoms with Gasteiger partial charge in [-0.15, -0.1) is 0 Å². The van der Waals surface area contributed by atoms with Crippen LogP contribution < -0.4 is 4.90 Å². The standard InChI is InChI=1S/C20H25NO/c1-16-20(2,3)18-11-7-8-12-19(18)21(16)13-14-22-15-17-9-5-4-6-10-17/h4-12,16H,13-15H2,1-3H3. The molecule has 2 aromatic rings. The molecule has 0 spiro atoms. The zero-order valence-electron chi connectivity index (χ0n) is 13.8. The fourth-order valence-electron chi connectivity index (χ4n) is 3.33. The molecule has 1 heterocycles. The van der Waals surface area contributed by atoms with Crippen LogP contribution in [0.1, 0.15) is 31.9 Å². The number of rotatable bonds is 5. The van der Waals surface area contributed by atoms with Crippen molar-refractivity contribution >= 4 is 5.69 Å². The Morgan fingerprint density at radius 1 is 1.00 bits per heavy atom. The quantitative estimate of drug-likeness (QED) is 0.759. The van der Waals surface area contributed by atoms with Gasteiger partial charge in [-0.25, -0.2) is 0 Å². The average molecular weight is 295 g/mol. The van der Waals surface area contributed by atoms with Crippen molar-refractivity contribution in [1.82, 2.24) is 0 Å². The van der Waals surface area contributed by atoms with Crippen LogP contribution in [-0.2, 0) is 16.8 Å². The molecule has 116 valence electrons. The molecule has 0 bridgehead atoms. The summed E-state index contributed by atoms with van der Waals surface area (Å²) in [5.41, 5.74) is 4.24. The molecule has 0 aromatic heterocycles. The third-order valence-electron chi connectivity index (χ3n) is 5.01. The van der Waals surface area contributed by atoms with Crippen LogP contribution in [0.25, 0.3) is 0 Å². The minimum atomic E-state index is 0.190. The smallest absolute Gasteiger partial charge is 0.0717 e. The van der Waals surface area contributed by atoms with Crippen molar-refractivity contribution in [3.05, 3.63) is 65.7 Å². The van der Waals surface area contributed by atoms with E-state index in [1.807, 2.05) is 6.07 Å². The van der Waals surface area contributed by atoms with Gasteiger partial charge in [0.2, 0.25) is 0 Å². The number of hydrogen-bond acceptors (Lipinski definition) is 2. The molecule has 22 heavy (non-hydrogen) atoms. The largest absolute Gasteiger partial charge is 0.375 e. The average Bonchev–Trinajstić information content (AvgIpc) is 2.73. The van der Waals surface area contributed by atoms with Crippen LogP contribution in [-0.4, -0.2) is 19.2 Å². The van der Waals surface area contributed by atoms with Crippen LogP contribution in [0.4, 0.5) is 5.69 Å². The Labute approximate surface area is 133 Å². The molecule has 1 unspecified atom stereocenters. The van der Waals surface area contributed by atoms with Crippen LogP contribution in [0.5, 0.6) is 0 Å². The van der Waals surface area contributed by atoms with Gasteiger partial charge in [0, 0.05) is 23.7 Å². The number of hydrogen-bond donors (Lipinski definition) is 0. The maximum Gasteiger partial charge on any atom is 0.0717 e. The monoisotopic (exact) mass is 295 g/mol. The van der Waals surface area contributed by atoms with Crippen molar-refractivity contribution in [2.24, 2.45) is 0 Å². The summed E-state index contributed by atoms with van der Waals surface area (Å²) in [5, 5.41) is 0. The summed E-state index contributed by atoms with van der Waals surface area (Å²) in [6.07, 6.45) is 0. The fourth-order valence-corrected chi connectivity index (χ4v) is 3.33. The lowest BCUT2D eigenvalue weighted by Crippen LogP contribution is -2.40. The molecule has 0 aliphatic carbocycles. The van der Waals surface area contributed by atoms with Crippen LogP contribution in [0.15, 0.2) is 54.6 Å². The van der Waals surface area contributed by atoms with Crippen LogP contribution >= 0.6 is 0 Å². The second-order valence-corrected chi connectivity index (χ2v) is 6.65. The molecular weight excluding hydrogens is 270 g/mol. The van der Waals surface area contributed by atoms with Gasteiger partial charge in [0.05, 0.1) is 13.2 Å². The highest BCUT2D eigenvalue weighted by Gasteiger charge is 2.41. The van der Waals surface area contributed by atoms with E-state index >= 15 is 0 Å². The van der Waals surface area contributed by atoms with E-state index in [1.54, 1.807) is 0 Å². The van der Waals surface area contributed by atoms with Gasteiger partial charge in [0.25, 0.3) is 0 Å². The highest BCUT2D eigenvalue weighted by atomic mass is 16.5. The zero-order chi connectivity index (χ0) is 15.6. The summed E-state index contributed by atoms with van der Waals surface area (Å²) in [4.78, 5) is 2.49. The van der Waals surface area contributed by atoms with Gasteiger partial charge in [-0.3, -0.25) is 0 Å². The van der Waals surface area contributed by atoms with Gasteiger partial charge in [0.15, 0.2) is 0 Å². The van der Waals surface area contributed by atoms with E-state index in [0.717, 1.165) is 13.2 Å². The molecular formula is C20H25NO. The highest BCUT2D eigenvalue weighted by Crippen LogP contribution is 2.44. The lowest BCUT2D eigenvalue weighted by Gasteiger charge is -2.31. The Morgan fingerprint density at radius 2 is 1.68 bits per heavy atom. The van der Waals surface area contributed by atoms with E-state index in [9.17, 15) is 0 Å². The Morgan fingerprint density at radius 3 is 2.45 bits per heavy atom. The summed E-state index contributed by atoms with van der Waals surface area (Å²) in [6.45, 7) is 9.37. The van der Waals surface area contributed by atoms with Crippen LogP contribution in [0, 0.1) is 0 Å². The van der Waals surface area contributed by atoms with E-state index in [0.29, 0.717) is 12.6 Å². The molecule has 0 saturated carbocycles. The van der Waals surface area contributed by atoms with E-state index in [2.05, 4.69) is 74.2 Å². The summed E-state index contributed by atoms with van der Waals surface area (Å²) in [6, 6.07) is 19.6. The van der Waals surface area contributed by atoms with Gasteiger partial charge in [-0.1, -0.05) is 62.4 Å². The number of fused-ring (bicyclic) bond motifs is 1. The molecule has 0 fully saturated rings. The number of ether oxygens (including phenoxy) is 1. The Hall–Kier alpha value is -1.80. The predicted octanol–water partition coefficient (Wildman–Crippen LogP) is 4.39. The Balaban J connectivity index is 1.61.